The minimum absolute atomic E-state index is 0.0980. The lowest BCUT2D eigenvalue weighted by atomic mass is 10.2. The van der Waals surface area contributed by atoms with E-state index in [4.69, 9.17) is 4.74 Å². The van der Waals surface area contributed by atoms with Gasteiger partial charge in [-0.1, -0.05) is 0 Å². The van der Waals surface area contributed by atoms with Gasteiger partial charge in [-0.3, -0.25) is 9.69 Å². The van der Waals surface area contributed by atoms with E-state index in [2.05, 4.69) is 46.5 Å². The molecule has 6 heteroatoms. The number of ether oxygens (including phenoxy) is 1. The lowest BCUT2D eigenvalue weighted by Crippen LogP contribution is -2.49. The first-order valence-electron chi connectivity index (χ1n) is 9.05. The molecule has 0 bridgehead atoms. The molecule has 2 aromatic heterocycles. The Morgan fingerprint density at radius 2 is 2.04 bits per heavy atom. The average molecular weight is 342 g/mol. The molecule has 3 heterocycles. The first-order valence-corrected chi connectivity index (χ1v) is 9.05. The maximum Gasteiger partial charge on any atom is 0.228 e. The summed E-state index contributed by atoms with van der Waals surface area (Å²) in [5.74, 6) is 0.369. The van der Waals surface area contributed by atoms with Crippen LogP contribution >= 0.6 is 0 Å². The van der Waals surface area contributed by atoms with Crippen molar-refractivity contribution in [2.75, 3.05) is 33.3 Å². The highest BCUT2D eigenvalue weighted by atomic mass is 16.5. The number of fused-ring (bicyclic) bond motifs is 1. The van der Waals surface area contributed by atoms with Crippen LogP contribution in [0.3, 0.4) is 0 Å². The molecule has 134 valence electrons. The van der Waals surface area contributed by atoms with E-state index in [0.29, 0.717) is 0 Å². The lowest BCUT2D eigenvalue weighted by Gasteiger charge is -2.34. The monoisotopic (exact) mass is 342 g/mol. The van der Waals surface area contributed by atoms with Gasteiger partial charge in [0.2, 0.25) is 5.91 Å². The van der Waals surface area contributed by atoms with Crippen LogP contribution in [0.2, 0.25) is 0 Å². The summed E-state index contributed by atoms with van der Waals surface area (Å²) in [5.41, 5.74) is 4.58. The Hall–Kier alpha value is -1.92. The van der Waals surface area contributed by atoms with Crippen molar-refractivity contribution in [2.45, 2.75) is 32.9 Å². The molecule has 1 aliphatic heterocycles. The number of nitrogens with zero attached hydrogens (tertiary/aromatic N) is 4. The number of carbonyl (C=O) groups excluding carboxylic acids is 1. The number of amides is 1. The van der Waals surface area contributed by atoms with Crippen LogP contribution in [0.4, 0.5) is 0 Å². The smallest absolute Gasteiger partial charge is 0.228 e. The van der Waals surface area contributed by atoms with Crippen LogP contribution in [0.1, 0.15) is 23.4 Å². The van der Waals surface area contributed by atoms with Gasteiger partial charge < -0.3 is 14.0 Å². The number of hydrogen-bond acceptors (Lipinski definition) is 4. The number of aromatic nitrogens is 2. The molecule has 0 spiro atoms. The predicted molar refractivity (Wildman–Crippen MR) is 95.4 cm³/mol. The van der Waals surface area contributed by atoms with Gasteiger partial charge in [-0.25, -0.2) is 4.98 Å². The molecule has 6 nitrogen and oxygen atoms in total. The molecule has 0 radical (unpaired) electrons. The van der Waals surface area contributed by atoms with E-state index >= 15 is 0 Å². The maximum absolute atomic E-state index is 12.4. The van der Waals surface area contributed by atoms with Gasteiger partial charge in [0.25, 0.3) is 0 Å². The lowest BCUT2D eigenvalue weighted by molar-refractivity contribution is -0.135. The van der Waals surface area contributed by atoms with Gasteiger partial charge in [0.1, 0.15) is 5.65 Å². The molecule has 1 saturated heterocycles. The van der Waals surface area contributed by atoms with E-state index in [9.17, 15) is 4.79 Å². The summed E-state index contributed by atoms with van der Waals surface area (Å²) in [5, 5.41) is 0. The van der Waals surface area contributed by atoms with Gasteiger partial charge in [-0.2, -0.15) is 0 Å². The van der Waals surface area contributed by atoms with Crippen molar-refractivity contribution >= 4 is 11.6 Å². The molecular weight excluding hydrogens is 316 g/mol. The summed E-state index contributed by atoms with van der Waals surface area (Å²) < 4.78 is 7.46. The molecule has 0 unspecified atom stereocenters. The predicted octanol–water partition coefficient (Wildman–Crippen LogP) is 1.63. The van der Waals surface area contributed by atoms with E-state index in [1.807, 2.05) is 4.90 Å². The molecule has 2 fully saturated rings. The van der Waals surface area contributed by atoms with Crippen molar-refractivity contribution < 1.29 is 9.53 Å². The van der Waals surface area contributed by atoms with Crippen LogP contribution in [-0.2, 0) is 16.1 Å². The van der Waals surface area contributed by atoms with Crippen molar-refractivity contribution in [2.24, 2.45) is 5.92 Å². The zero-order valence-electron chi connectivity index (χ0n) is 15.2. The third-order valence-corrected chi connectivity index (χ3v) is 5.49. The third kappa shape index (κ3) is 3.16. The van der Waals surface area contributed by atoms with Gasteiger partial charge in [-0.05, 0) is 38.0 Å². The molecule has 1 aliphatic carbocycles. The summed E-state index contributed by atoms with van der Waals surface area (Å²) in [6, 6.07) is 4.24. The molecule has 2 aromatic rings. The Morgan fingerprint density at radius 3 is 2.72 bits per heavy atom. The molecule has 2 atom stereocenters. The topological polar surface area (TPSA) is 50.1 Å². The number of carbonyl (C=O) groups is 1. The summed E-state index contributed by atoms with van der Waals surface area (Å²) >= 11 is 0. The minimum Gasteiger partial charge on any atom is -0.381 e. The summed E-state index contributed by atoms with van der Waals surface area (Å²) in [4.78, 5) is 21.5. The second-order valence-electron chi connectivity index (χ2n) is 7.29. The van der Waals surface area contributed by atoms with Gasteiger partial charge >= 0.3 is 0 Å². The summed E-state index contributed by atoms with van der Waals surface area (Å²) in [6.45, 7) is 8.48. The number of aryl methyl sites for hydroxylation is 2. The summed E-state index contributed by atoms with van der Waals surface area (Å²) in [6.07, 6.45) is 3.14. The number of piperazine rings is 1. The first-order chi connectivity index (χ1) is 12.1. The molecule has 1 amide bonds. The van der Waals surface area contributed by atoms with Crippen LogP contribution in [0.15, 0.2) is 18.3 Å². The molecule has 1 saturated carbocycles. The Kier molecular flexibility index (Phi) is 4.25. The number of methoxy groups -OCH3 is 1. The van der Waals surface area contributed by atoms with Crippen LogP contribution in [0.5, 0.6) is 0 Å². The van der Waals surface area contributed by atoms with Crippen molar-refractivity contribution in [3.63, 3.8) is 0 Å². The second-order valence-corrected chi connectivity index (χ2v) is 7.29. The van der Waals surface area contributed by atoms with Crippen LogP contribution in [0.25, 0.3) is 5.65 Å². The zero-order chi connectivity index (χ0) is 17.6. The molecule has 0 aromatic carbocycles. The Bertz CT molecular complexity index is 792. The molecule has 4 rings (SSSR count). The maximum atomic E-state index is 12.4. The number of imidazole rings is 1. The molecule has 25 heavy (non-hydrogen) atoms. The number of pyridine rings is 1. The fourth-order valence-electron chi connectivity index (χ4n) is 3.77. The number of rotatable bonds is 4. The highest BCUT2D eigenvalue weighted by Gasteiger charge is 2.45. The van der Waals surface area contributed by atoms with E-state index in [1.54, 1.807) is 7.11 Å². The largest absolute Gasteiger partial charge is 0.381 e. The van der Waals surface area contributed by atoms with Crippen LogP contribution in [-0.4, -0.2) is 64.5 Å². The molecule has 0 N–H and O–H groups in total. The van der Waals surface area contributed by atoms with Crippen molar-refractivity contribution in [3.8, 4) is 0 Å². The Balaban J connectivity index is 1.39. The quantitative estimate of drug-likeness (QED) is 0.847. The normalized spacial score (nSPS) is 24.0. The van der Waals surface area contributed by atoms with Gasteiger partial charge in [0, 0.05) is 46.0 Å². The van der Waals surface area contributed by atoms with Crippen LogP contribution in [0, 0.1) is 19.8 Å². The van der Waals surface area contributed by atoms with Crippen molar-refractivity contribution in [3.05, 3.63) is 35.3 Å². The van der Waals surface area contributed by atoms with Crippen LogP contribution < -0.4 is 0 Å². The standard InChI is InChI=1S/C19H26N4O2/c1-13-4-5-23-16(14(2)20-18(23)10-13)12-21-6-8-22(9-7-21)19(24)15-11-17(15)25-3/h4-5,10,15,17H,6-9,11-12H2,1-3H3/t15-,17-/m1/s1. The van der Waals surface area contributed by atoms with E-state index in [0.717, 1.165) is 50.5 Å². The second kappa shape index (κ2) is 6.42. The van der Waals surface area contributed by atoms with Crippen molar-refractivity contribution in [1.82, 2.24) is 19.2 Å². The fraction of sp³-hybridized carbons (Fsp3) is 0.579. The number of hydrogen-bond donors (Lipinski definition) is 0. The van der Waals surface area contributed by atoms with E-state index in [1.165, 1.54) is 11.3 Å². The summed E-state index contributed by atoms with van der Waals surface area (Å²) in [7, 11) is 1.69. The van der Waals surface area contributed by atoms with Gasteiger partial charge in [0.15, 0.2) is 0 Å². The minimum atomic E-state index is 0.0980. The average Bonchev–Trinajstić information content (AvgIpc) is 3.34. The first kappa shape index (κ1) is 16.5. The van der Waals surface area contributed by atoms with Gasteiger partial charge in [0.05, 0.1) is 23.4 Å². The van der Waals surface area contributed by atoms with E-state index < -0.39 is 0 Å². The fourth-order valence-corrected chi connectivity index (χ4v) is 3.77. The Labute approximate surface area is 148 Å². The Morgan fingerprint density at radius 1 is 1.28 bits per heavy atom. The van der Waals surface area contributed by atoms with Gasteiger partial charge in [-0.15, -0.1) is 0 Å². The highest BCUT2D eigenvalue weighted by molar-refractivity contribution is 5.82. The zero-order valence-corrected chi connectivity index (χ0v) is 15.2. The molecular formula is C19H26N4O2. The highest BCUT2D eigenvalue weighted by Crippen LogP contribution is 2.35. The molecule has 2 aliphatic rings. The van der Waals surface area contributed by atoms with E-state index in [-0.39, 0.29) is 17.9 Å². The third-order valence-electron chi connectivity index (χ3n) is 5.49. The SMILES string of the molecule is CO[C@@H]1C[C@H]1C(=O)N1CCN(Cc2c(C)nc3cc(C)ccn23)CC1. The van der Waals surface area contributed by atoms with Crippen molar-refractivity contribution in [1.29, 1.82) is 0 Å².